The first-order valence-electron chi connectivity index (χ1n) is 4.36. The van der Waals surface area contributed by atoms with Gasteiger partial charge in [0.2, 0.25) is 0 Å². The van der Waals surface area contributed by atoms with Crippen molar-refractivity contribution in [3.05, 3.63) is 17.5 Å². The maximum atomic E-state index is 10.5. The first-order chi connectivity index (χ1) is 6.59. The van der Waals surface area contributed by atoms with Crippen LogP contribution in [0.25, 0.3) is 0 Å². The maximum absolute atomic E-state index is 10.5. The van der Waals surface area contributed by atoms with Crippen molar-refractivity contribution in [2.45, 2.75) is 19.6 Å². The first kappa shape index (κ1) is 11.1. The molecule has 0 aliphatic carbocycles. The van der Waals surface area contributed by atoms with Gasteiger partial charge in [-0.2, -0.15) is 11.8 Å². The molecule has 0 spiro atoms. The predicted octanol–water partition coefficient (Wildman–Crippen LogP) is 2.26. The number of nitrogens with zero attached hydrogens (tertiary/aromatic N) is 1. The zero-order valence-corrected chi connectivity index (χ0v) is 9.00. The van der Waals surface area contributed by atoms with Crippen molar-refractivity contribution < 1.29 is 14.4 Å². The van der Waals surface area contributed by atoms with Crippen molar-refractivity contribution in [2.24, 2.45) is 5.92 Å². The molecule has 1 rings (SSSR count). The molecule has 0 saturated carbocycles. The molecule has 0 amide bonds. The number of aromatic nitrogens is 1. The van der Waals surface area contributed by atoms with E-state index < -0.39 is 5.97 Å². The molecule has 0 unspecified atom stereocenters. The molecule has 0 aromatic carbocycles. The first-order valence-corrected chi connectivity index (χ1v) is 5.51. The number of carboxylic acid groups (broad SMARTS) is 1. The van der Waals surface area contributed by atoms with E-state index in [1.54, 1.807) is 11.8 Å². The second kappa shape index (κ2) is 5.05. The highest BCUT2D eigenvalue weighted by Crippen LogP contribution is 2.15. The van der Waals surface area contributed by atoms with E-state index >= 15 is 0 Å². The Kier molecular flexibility index (Phi) is 4.00. The summed E-state index contributed by atoms with van der Waals surface area (Å²) < 4.78 is 4.86. The van der Waals surface area contributed by atoms with E-state index in [9.17, 15) is 4.79 Å². The number of thioether (sulfide) groups is 1. The minimum absolute atomic E-state index is 0.0230. The van der Waals surface area contributed by atoms with Gasteiger partial charge in [0, 0.05) is 6.07 Å². The zero-order valence-electron chi connectivity index (χ0n) is 8.19. The van der Waals surface area contributed by atoms with Gasteiger partial charge in [-0.1, -0.05) is 19.0 Å². The smallest absolute Gasteiger partial charge is 0.358 e. The van der Waals surface area contributed by atoms with Gasteiger partial charge in [-0.25, -0.2) is 4.79 Å². The molecule has 1 aromatic heterocycles. The van der Waals surface area contributed by atoms with E-state index in [-0.39, 0.29) is 5.69 Å². The molecule has 5 heteroatoms. The topological polar surface area (TPSA) is 63.3 Å². The molecule has 0 fully saturated rings. The fraction of sp³-hybridized carbons (Fsp3) is 0.556. The number of hydrogen-bond donors (Lipinski definition) is 1. The van der Waals surface area contributed by atoms with Crippen molar-refractivity contribution in [2.75, 3.05) is 5.75 Å². The van der Waals surface area contributed by atoms with Gasteiger partial charge >= 0.3 is 5.97 Å². The van der Waals surface area contributed by atoms with Gasteiger partial charge in [0.05, 0.1) is 5.75 Å². The Hall–Kier alpha value is -0.970. The third kappa shape index (κ3) is 3.41. The minimum Gasteiger partial charge on any atom is -0.476 e. The van der Waals surface area contributed by atoms with E-state index in [4.69, 9.17) is 9.63 Å². The lowest BCUT2D eigenvalue weighted by Crippen LogP contribution is -1.94. The zero-order chi connectivity index (χ0) is 10.6. The van der Waals surface area contributed by atoms with Crippen molar-refractivity contribution in [3.8, 4) is 0 Å². The fourth-order valence-corrected chi connectivity index (χ4v) is 1.80. The lowest BCUT2D eigenvalue weighted by atomic mass is 10.3. The van der Waals surface area contributed by atoms with Crippen LogP contribution in [0, 0.1) is 5.92 Å². The van der Waals surface area contributed by atoms with Crippen LogP contribution < -0.4 is 0 Å². The molecule has 0 saturated heterocycles. The quantitative estimate of drug-likeness (QED) is 0.816. The average Bonchev–Trinajstić information content (AvgIpc) is 2.52. The summed E-state index contributed by atoms with van der Waals surface area (Å²) in [6, 6.07) is 1.47. The third-order valence-corrected chi connectivity index (χ3v) is 2.86. The molecular formula is C9H13NO3S. The van der Waals surface area contributed by atoms with Gasteiger partial charge in [-0.15, -0.1) is 0 Å². The predicted molar refractivity (Wildman–Crippen MR) is 54.5 cm³/mol. The number of carboxylic acids is 1. The summed E-state index contributed by atoms with van der Waals surface area (Å²) in [6.45, 7) is 4.27. The molecule has 4 nitrogen and oxygen atoms in total. The van der Waals surface area contributed by atoms with E-state index in [0.29, 0.717) is 17.4 Å². The van der Waals surface area contributed by atoms with E-state index in [1.165, 1.54) is 6.07 Å². The number of rotatable bonds is 5. The van der Waals surface area contributed by atoms with Crippen molar-refractivity contribution in [3.63, 3.8) is 0 Å². The fourth-order valence-electron chi connectivity index (χ4n) is 0.877. The second-order valence-electron chi connectivity index (χ2n) is 3.39. The normalized spacial score (nSPS) is 10.8. The average molecular weight is 215 g/mol. The van der Waals surface area contributed by atoms with Gasteiger partial charge in [0.1, 0.15) is 5.76 Å². The third-order valence-electron chi connectivity index (χ3n) is 1.47. The van der Waals surface area contributed by atoms with Crippen LogP contribution in [0.5, 0.6) is 0 Å². The van der Waals surface area contributed by atoms with E-state index in [0.717, 1.165) is 5.75 Å². The van der Waals surface area contributed by atoms with Gasteiger partial charge in [-0.3, -0.25) is 0 Å². The largest absolute Gasteiger partial charge is 0.476 e. The van der Waals surface area contributed by atoms with Gasteiger partial charge in [0.15, 0.2) is 5.69 Å². The molecule has 1 heterocycles. The standard InChI is InChI=1S/C9H13NO3S/c1-6(2)4-14-5-7-3-8(9(11)12)10-13-7/h3,6H,4-5H2,1-2H3,(H,11,12). The Labute approximate surface area is 86.7 Å². The van der Waals surface area contributed by atoms with E-state index in [1.807, 2.05) is 0 Å². The summed E-state index contributed by atoms with van der Waals surface area (Å²) in [7, 11) is 0. The summed E-state index contributed by atoms with van der Waals surface area (Å²) in [5, 5.41) is 12.0. The molecule has 14 heavy (non-hydrogen) atoms. The highest BCUT2D eigenvalue weighted by atomic mass is 32.2. The highest BCUT2D eigenvalue weighted by Gasteiger charge is 2.10. The van der Waals surface area contributed by atoms with Gasteiger partial charge < -0.3 is 9.63 Å². The van der Waals surface area contributed by atoms with Crippen LogP contribution in [0.2, 0.25) is 0 Å². The van der Waals surface area contributed by atoms with Crippen LogP contribution in [0.1, 0.15) is 30.1 Å². The Bertz CT molecular complexity index is 309. The molecule has 0 aliphatic rings. The van der Waals surface area contributed by atoms with E-state index in [2.05, 4.69) is 19.0 Å². The highest BCUT2D eigenvalue weighted by molar-refractivity contribution is 7.98. The lowest BCUT2D eigenvalue weighted by Gasteiger charge is -2.00. The Morgan fingerprint density at radius 2 is 2.43 bits per heavy atom. The monoisotopic (exact) mass is 215 g/mol. The van der Waals surface area contributed by atoms with Crippen LogP contribution in [0.3, 0.4) is 0 Å². The second-order valence-corrected chi connectivity index (χ2v) is 4.42. The summed E-state index contributed by atoms with van der Waals surface area (Å²) >= 11 is 1.71. The van der Waals surface area contributed by atoms with Crippen LogP contribution in [-0.4, -0.2) is 22.0 Å². The molecular weight excluding hydrogens is 202 g/mol. The molecule has 78 valence electrons. The number of carbonyl (C=O) groups is 1. The van der Waals surface area contributed by atoms with Crippen LogP contribution in [0.4, 0.5) is 0 Å². The molecule has 0 bridgehead atoms. The summed E-state index contributed by atoms with van der Waals surface area (Å²) in [5.74, 6) is 1.91. The minimum atomic E-state index is -1.05. The summed E-state index contributed by atoms with van der Waals surface area (Å²) in [6.07, 6.45) is 0. The molecule has 0 aliphatic heterocycles. The maximum Gasteiger partial charge on any atom is 0.358 e. The molecule has 1 aromatic rings. The van der Waals surface area contributed by atoms with Crippen molar-refractivity contribution in [1.82, 2.24) is 5.16 Å². The number of aromatic carboxylic acids is 1. The van der Waals surface area contributed by atoms with Gasteiger partial charge in [-0.05, 0) is 11.7 Å². The van der Waals surface area contributed by atoms with Crippen molar-refractivity contribution >= 4 is 17.7 Å². The Morgan fingerprint density at radius 3 is 2.93 bits per heavy atom. The van der Waals surface area contributed by atoms with Crippen LogP contribution >= 0.6 is 11.8 Å². The molecule has 1 N–H and O–H groups in total. The Morgan fingerprint density at radius 1 is 1.71 bits per heavy atom. The van der Waals surface area contributed by atoms with Gasteiger partial charge in [0.25, 0.3) is 0 Å². The summed E-state index contributed by atoms with van der Waals surface area (Å²) in [4.78, 5) is 10.5. The van der Waals surface area contributed by atoms with Crippen molar-refractivity contribution in [1.29, 1.82) is 0 Å². The summed E-state index contributed by atoms with van der Waals surface area (Å²) in [5.41, 5.74) is -0.0230. The number of hydrogen-bond acceptors (Lipinski definition) is 4. The lowest BCUT2D eigenvalue weighted by molar-refractivity contribution is 0.0685. The Balaban J connectivity index is 2.40. The van der Waals surface area contributed by atoms with Crippen LogP contribution in [0.15, 0.2) is 10.6 Å². The molecule has 0 radical (unpaired) electrons. The van der Waals surface area contributed by atoms with Crippen LogP contribution in [-0.2, 0) is 5.75 Å². The SMILES string of the molecule is CC(C)CSCc1cc(C(=O)O)no1. The molecule has 0 atom stereocenters.